The number of hydrogen-bond donors (Lipinski definition) is 1. The highest BCUT2D eigenvalue weighted by atomic mass is 16.5. The van der Waals surface area contributed by atoms with Gasteiger partial charge in [-0.3, -0.25) is 4.98 Å². The Morgan fingerprint density at radius 1 is 1.03 bits per heavy atom. The second-order valence-corrected chi connectivity index (χ2v) is 8.94. The molecular formula is C24H30N4O2. The van der Waals surface area contributed by atoms with Crippen LogP contribution in [0.15, 0.2) is 42.7 Å². The molecule has 1 N–H and O–H groups in total. The van der Waals surface area contributed by atoms with E-state index in [1.54, 1.807) is 0 Å². The molecule has 2 fully saturated rings. The van der Waals surface area contributed by atoms with E-state index in [9.17, 15) is 5.11 Å². The van der Waals surface area contributed by atoms with Gasteiger partial charge in [0.15, 0.2) is 0 Å². The molecule has 6 nitrogen and oxygen atoms in total. The minimum absolute atomic E-state index is 0.146. The van der Waals surface area contributed by atoms with Crippen molar-refractivity contribution in [3.63, 3.8) is 0 Å². The number of likely N-dealkylation sites (tertiary alicyclic amines) is 1. The Hall–Kier alpha value is -2.44. The van der Waals surface area contributed by atoms with Gasteiger partial charge in [0.25, 0.3) is 0 Å². The molecule has 5 rings (SSSR count). The van der Waals surface area contributed by atoms with E-state index >= 15 is 0 Å². The lowest BCUT2D eigenvalue weighted by molar-refractivity contribution is -0.0236. The highest BCUT2D eigenvalue weighted by Crippen LogP contribution is 2.38. The van der Waals surface area contributed by atoms with E-state index in [4.69, 9.17) is 4.74 Å². The molecule has 0 unspecified atom stereocenters. The van der Waals surface area contributed by atoms with Crippen LogP contribution in [0, 0.1) is 25.7 Å². The average Bonchev–Trinajstić information content (AvgIpc) is 3.32. The molecule has 1 saturated heterocycles. The van der Waals surface area contributed by atoms with Crippen molar-refractivity contribution < 1.29 is 9.84 Å². The molecule has 4 atom stereocenters. The number of fused-ring (bicyclic) bond motifs is 2. The summed E-state index contributed by atoms with van der Waals surface area (Å²) in [6.07, 6.45) is 3.11. The second-order valence-electron chi connectivity index (χ2n) is 8.94. The normalized spacial score (nSPS) is 26.8. The van der Waals surface area contributed by atoms with E-state index in [1.165, 1.54) is 5.52 Å². The van der Waals surface area contributed by atoms with E-state index < -0.39 is 6.10 Å². The van der Waals surface area contributed by atoms with Gasteiger partial charge in [0.1, 0.15) is 11.9 Å². The maximum Gasteiger partial charge on any atom is 0.141 e. The van der Waals surface area contributed by atoms with Crippen LogP contribution >= 0.6 is 0 Å². The Morgan fingerprint density at radius 2 is 1.83 bits per heavy atom. The van der Waals surface area contributed by atoms with Crippen molar-refractivity contribution in [2.24, 2.45) is 11.8 Å². The van der Waals surface area contributed by atoms with Crippen LogP contribution < -0.4 is 4.74 Å². The number of rotatable bonds is 5. The molecule has 3 aromatic rings. The summed E-state index contributed by atoms with van der Waals surface area (Å²) in [6, 6.07) is 12.2. The van der Waals surface area contributed by atoms with Gasteiger partial charge in [-0.1, -0.05) is 12.1 Å². The number of para-hydroxylation sites is 2. The summed E-state index contributed by atoms with van der Waals surface area (Å²) in [4.78, 5) is 11.5. The molecule has 1 aromatic carbocycles. The molecule has 0 amide bonds. The van der Waals surface area contributed by atoms with Crippen LogP contribution in [0.4, 0.5) is 0 Å². The van der Waals surface area contributed by atoms with Crippen molar-refractivity contribution in [1.29, 1.82) is 0 Å². The molecule has 1 aliphatic carbocycles. The standard InChI is InChI=1S/C24H30N4O2/c1-16-7-8-23(17(2)26-16)30-24-12-19-14-27(13-18(19)11-22(24)29)9-10-28-15-25-20-5-3-4-6-21(20)28/h3-8,15,18-19,22,24,29H,9-14H2,1-2H3/t18-,19+,22+,24+/m0/s1. The number of aromatic nitrogens is 3. The van der Waals surface area contributed by atoms with E-state index in [0.717, 1.165) is 61.7 Å². The predicted molar refractivity (Wildman–Crippen MR) is 117 cm³/mol. The van der Waals surface area contributed by atoms with Crippen molar-refractivity contribution >= 4 is 11.0 Å². The molecule has 1 saturated carbocycles. The molecule has 2 aliphatic rings. The highest BCUT2D eigenvalue weighted by molar-refractivity contribution is 5.74. The molecule has 158 valence electrons. The van der Waals surface area contributed by atoms with E-state index in [1.807, 2.05) is 38.4 Å². The SMILES string of the molecule is Cc1ccc(O[C@@H]2C[C@@H]3CN(CCn4cnc5ccccc54)C[C@@H]3C[C@H]2O)c(C)n1. The van der Waals surface area contributed by atoms with E-state index in [2.05, 4.69) is 37.6 Å². The molecule has 0 bridgehead atoms. The first-order valence-corrected chi connectivity index (χ1v) is 11.0. The summed E-state index contributed by atoms with van der Waals surface area (Å²) < 4.78 is 8.46. The summed E-state index contributed by atoms with van der Waals surface area (Å²) in [5.41, 5.74) is 4.13. The lowest BCUT2D eigenvalue weighted by atomic mass is 9.78. The number of ether oxygens (including phenoxy) is 1. The molecule has 2 aromatic heterocycles. The summed E-state index contributed by atoms with van der Waals surface area (Å²) in [6.45, 7) is 8.04. The fourth-order valence-corrected chi connectivity index (χ4v) is 5.20. The molecular weight excluding hydrogens is 376 g/mol. The second kappa shape index (κ2) is 8.00. The number of nitrogens with zero attached hydrogens (tertiary/aromatic N) is 4. The maximum atomic E-state index is 10.7. The van der Waals surface area contributed by atoms with Crippen molar-refractivity contribution in [2.75, 3.05) is 19.6 Å². The van der Waals surface area contributed by atoms with Gasteiger partial charge in [0, 0.05) is 31.9 Å². The molecule has 6 heteroatoms. The highest BCUT2D eigenvalue weighted by Gasteiger charge is 2.42. The van der Waals surface area contributed by atoms with Gasteiger partial charge in [-0.15, -0.1) is 0 Å². The summed E-state index contributed by atoms with van der Waals surface area (Å²) in [5.74, 6) is 1.93. The summed E-state index contributed by atoms with van der Waals surface area (Å²) >= 11 is 0. The largest absolute Gasteiger partial charge is 0.486 e. The van der Waals surface area contributed by atoms with Gasteiger partial charge in [-0.05, 0) is 62.8 Å². The predicted octanol–water partition coefficient (Wildman–Crippen LogP) is 3.20. The number of aliphatic hydroxyl groups excluding tert-OH is 1. The van der Waals surface area contributed by atoms with E-state index in [-0.39, 0.29) is 6.10 Å². The Bertz CT molecular complexity index is 1030. The topological polar surface area (TPSA) is 63.4 Å². The van der Waals surface area contributed by atoms with Crippen LogP contribution in [0.3, 0.4) is 0 Å². The van der Waals surface area contributed by atoms with Crippen molar-refractivity contribution in [1.82, 2.24) is 19.4 Å². The number of aryl methyl sites for hydroxylation is 2. The molecule has 3 heterocycles. The smallest absolute Gasteiger partial charge is 0.141 e. The fourth-order valence-electron chi connectivity index (χ4n) is 5.20. The number of hydrogen-bond acceptors (Lipinski definition) is 5. The summed E-state index contributed by atoms with van der Waals surface area (Å²) in [5, 5.41) is 10.7. The third-order valence-corrected chi connectivity index (χ3v) is 6.80. The third kappa shape index (κ3) is 3.82. The Kier molecular flexibility index (Phi) is 5.21. The monoisotopic (exact) mass is 406 g/mol. The number of aliphatic hydroxyl groups is 1. The first-order chi connectivity index (χ1) is 14.6. The first-order valence-electron chi connectivity index (χ1n) is 11.0. The van der Waals surface area contributed by atoms with E-state index in [0.29, 0.717) is 11.8 Å². The lowest BCUT2D eigenvalue weighted by Crippen LogP contribution is -2.42. The molecule has 0 radical (unpaired) electrons. The van der Waals surface area contributed by atoms with Crippen LogP contribution in [0.1, 0.15) is 24.2 Å². The first kappa shape index (κ1) is 19.5. The number of pyridine rings is 1. The van der Waals surface area contributed by atoms with Crippen LogP contribution in [-0.4, -0.2) is 56.4 Å². The Balaban J connectivity index is 1.20. The summed E-state index contributed by atoms with van der Waals surface area (Å²) in [7, 11) is 0. The zero-order valence-corrected chi connectivity index (χ0v) is 17.7. The van der Waals surface area contributed by atoms with Gasteiger partial charge >= 0.3 is 0 Å². The van der Waals surface area contributed by atoms with Crippen molar-refractivity contribution in [2.45, 2.75) is 45.4 Å². The zero-order chi connectivity index (χ0) is 20.7. The van der Waals surface area contributed by atoms with Crippen LogP contribution in [0.5, 0.6) is 5.75 Å². The van der Waals surface area contributed by atoms with Gasteiger partial charge in [0.2, 0.25) is 0 Å². The quantitative estimate of drug-likeness (QED) is 0.705. The van der Waals surface area contributed by atoms with Crippen molar-refractivity contribution in [3.8, 4) is 5.75 Å². The van der Waals surface area contributed by atoms with Crippen LogP contribution in [-0.2, 0) is 6.54 Å². The average molecular weight is 407 g/mol. The Morgan fingerprint density at radius 3 is 2.67 bits per heavy atom. The number of imidazole rings is 1. The zero-order valence-electron chi connectivity index (χ0n) is 17.7. The minimum atomic E-state index is -0.413. The van der Waals surface area contributed by atoms with Gasteiger partial charge in [-0.2, -0.15) is 0 Å². The van der Waals surface area contributed by atoms with Gasteiger partial charge < -0.3 is 19.3 Å². The maximum absolute atomic E-state index is 10.7. The van der Waals surface area contributed by atoms with Crippen molar-refractivity contribution in [3.05, 3.63) is 54.1 Å². The fraction of sp³-hybridized carbons (Fsp3) is 0.500. The van der Waals surface area contributed by atoms with Gasteiger partial charge in [0.05, 0.1) is 29.2 Å². The molecule has 0 spiro atoms. The van der Waals surface area contributed by atoms with Crippen LogP contribution in [0.25, 0.3) is 11.0 Å². The number of benzene rings is 1. The van der Waals surface area contributed by atoms with Crippen LogP contribution in [0.2, 0.25) is 0 Å². The minimum Gasteiger partial charge on any atom is -0.486 e. The lowest BCUT2D eigenvalue weighted by Gasteiger charge is -2.35. The molecule has 30 heavy (non-hydrogen) atoms. The Labute approximate surface area is 177 Å². The molecule has 1 aliphatic heterocycles. The third-order valence-electron chi connectivity index (χ3n) is 6.80. The van der Waals surface area contributed by atoms with Gasteiger partial charge in [-0.25, -0.2) is 4.98 Å².